The van der Waals surface area contributed by atoms with Gasteiger partial charge in [-0.05, 0) is 24.2 Å². The fraction of sp³-hybridized carbons (Fsp3) is 1.00. The second-order valence-electron chi connectivity index (χ2n) is 5.19. The van der Waals surface area contributed by atoms with Gasteiger partial charge in [-0.2, -0.15) is 0 Å². The van der Waals surface area contributed by atoms with E-state index >= 15 is 0 Å². The molecule has 0 saturated carbocycles. The molecule has 1 atom stereocenters. The van der Waals surface area contributed by atoms with E-state index in [9.17, 15) is 0 Å². The number of alkyl halides is 1. The van der Waals surface area contributed by atoms with E-state index in [0.717, 1.165) is 25.0 Å². The van der Waals surface area contributed by atoms with E-state index in [-0.39, 0.29) is 0 Å². The molecule has 0 fully saturated rings. The lowest BCUT2D eigenvalue weighted by molar-refractivity contribution is 0.0831. The van der Waals surface area contributed by atoms with E-state index in [2.05, 4.69) is 43.6 Å². The number of ether oxygens (including phenoxy) is 1. The van der Waals surface area contributed by atoms with Crippen LogP contribution >= 0.6 is 15.9 Å². The Morgan fingerprint density at radius 1 is 1.29 bits per heavy atom. The number of rotatable bonds is 7. The van der Waals surface area contributed by atoms with Crippen LogP contribution in [0.2, 0.25) is 0 Å². The molecule has 1 unspecified atom stereocenters. The van der Waals surface area contributed by atoms with Crippen molar-refractivity contribution in [3.63, 3.8) is 0 Å². The normalized spacial score (nSPS) is 14.4. The predicted molar refractivity (Wildman–Crippen MR) is 67.1 cm³/mol. The van der Waals surface area contributed by atoms with Gasteiger partial charge in [0, 0.05) is 11.9 Å². The van der Waals surface area contributed by atoms with E-state index in [4.69, 9.17) is 4.74 Å². The molecule has 0 heterocycles. The summed E-state index contributed by atoms with van der Waals surface area (Å²) in [5.41, 5.74) is 0.397. The fourth-order valence-electron chi connectivity index (χ4n) is 1.24. The molecule has 0 aromatic heterocycles. The van der Waals surface area contributed by atoms with Crippen molar-refractivity contribution in [2.24, 2.45) is 11.3 Å². The zero-order valence-corrected chi connectivity index (χ0v) is 11.7. The van der Waals surface area contributed by atoms with Gasteiger partial charge in [-0.1, -0.05) is 50.0 Å². The molecular weight excluding hydrogens is 240 g/mol. The van der Waals surface area contributed by atoms with Gasteiger partial charge in [0.25, 0.3) is 0 Å². The molecule has 0 saturated heterocycles. The minimum Gasteiger partial charge on any atom is -0.381 e. The maximum absolute atomic E-state index is 5.69. The van der Waals surface area contributed by atoms with Gasteiger partial charge in [-0.25, -0.2) is 0 Å². The van der Waals surface area contributed by atoms with Crippen LogP contribution < -0.4 is 0 Å². The Morgan fingerprint density at radius 3 is 2.36 bits per heavy atom. The highest BCUT2D eigenvalue weighted by Gasteiger charge is 2.10. The summed E-state index contributed by atoms with van der Waals surface area (Å²) in [7, 11) is 0. The molecule has 0 spiro atoms. The van der Waals surface area contributed by atoms with Crippen LogP contribution in [0.1, 0.15) is 47.0 Å². The maximum Gasteiger partial charge on any atom is 0.0502 e. The van der Waals surface area contributed by atoms with Crippen molar-refractivity contribution >= 4 is 15.9 Å². The van der Waals surface area contributed by atoms with Crippen LogP contribution in [0, 0.1) is 11.3 Å². The van der Waals surface area contributed by atoms with Crippen molar-refractivity contribution in [3.8, 4) is 0 Å². The first-order valence-electron chi connectivity index (χ1n) is 5.63. The standard InChI is InChI=1S/C12H25BrO/c1-5-6-11(9-13)10-14-8-7-12(2,3)4/h11H,5-10H2,1-4H3. The highest BCUT2D eigenvalue weighted by atomic mass is 79.9. The summed E-state index contributed by atoms with van der Waals surface area (Å²) in [6.07, 6.45) is 3.66. The van der Waals surface area contributed by atoms with Crippen LogP contribution in [0.25, 0.3) is 0 Å². The second-order valence-corrected chi connectivity index (χ2v) is 5.84. The lowest BCUT2D eigenvalue weighted by Crippen LogP contribution is -2.15. The molecule has 14 heavy (non-hydrogen) atoms. The molecule has 0 amide bonds. The topological polar surface area (TPSA) is 9.23 Å². The summed E-state index contributed by atoms with van der Waals surface area (Å²) in [5, 5.41) is 1.07. The Labute approximate surface area is 97.7 Å². The number of hydrogen-bond donors (Lipinski definition) is 0. The van der Waals surface area contributed by atoms with Crippen LogP contribution in [-0.4, -0.2) is 18.5 Å². The first kappa shape index (κ1) is 14.4. The van der Waals surface area contributed by atoms with E-state index in [1.54, 1.807) is 0 Å². The van der Waals surface area contributed by atoms with Crippen molar-refractivity contribution in [2.75, 3.05) is 18.5 Å². The minimum absolute atomic E-state index is 0.397. The molecule has 0 radical (unpaired) electrons. The fourth-order valence-corrected chi connectivity index (χ4v) is 1.75. The molecule has 0 aliphatic heterocycles. The maximum atomic E-state index is 5.69. The highest BCUT2D eigenvalue weighted by Crippen LogP contribution is 2.18. The SMILES string of the molecule is CCCC(CBr)COCCC(C)(C)C. The van der Waals surface area contributed by atoms with Crippen molar-refractivity contribution in [1.82, 2.24) is 0 Å². The first-order valence-corrected chi connectivity index (χ1v) is 6.75. The summed E-state index contributed by atoms with van der Waals surface area (Å²) in [6.45, 7) is 10.8. The van der Waals surface area contributed by atoms with Crippen molar-refractivity contribution in [1.29, 1.82) is 0 Å². The minimum atomic E-state index is 0.397. The molecular formula is C12H25BrO. The van der Waals surface area contributed by atoms with Crippen LogP contribution in [0.5, 0.6) is 0 Å². The lowest BCUT2D eigenvalue weighted by atomic mass is 9.93. The van der Waals surface area contributed by atoms with Gasteiger partial charge in [-0.15, -0.1) is 0 Å². The average molecular weight is 265 g/mol. The smallest absolute Gasteiger partial charge is 0.0502 e. The summed E-state index contributed by atoms with van der Waals surface area (Å²) < 4.78 is 5.69. The number of hydrogen-bond acceptors (Lipinski definition) is 1. The monoisotopic (exact) mass is 264 g/mol. The van der Waals surface area contributed by atoms with Gasteiger partial charge < -0.3 is 4.74 Å². The Hall–Kier alpha value is 0.440. The molecule has 0 rings (SSSR count). The summed E-state index contributed by atoms with van der Waals surface area (Å²) >= 11 is 3.53. The molecule has 0 aliphatic rings. The van der Waals surface area contributed by atoms with E-state index in [1.807, 2.05) is 0 Å². The van der Waals surface area contributed by atoms with Gasteiger partial charge in [0.15, 0.2) is 0 Å². The molecule has 2 heteroatoms. The molecule has 86 valence electrons. The summed E-state index contributed by atoms with van der Waals surface area (Å²) in [6, 6.07) is 0. The summed E-state index contributed by atoms with van der Waals surface area (Å²) in [5.74, 6) is 0.694. The Morgan fingerprint density at radius 2 is 1.93 bits per heavy atom. The van der Waals surface area contributed by atoms with Gasteiger partial charge in [0.05, 0.1) is 6.61 Å². The van der Waals surface area contributed by atoms with Crippen LogP contribution in [0.4, 0.5) is 0 Å². The summed E-state index contributed by atoms with van der Waals surface area (Å²) in [4.78, 5) is 0. The zero-order chi connectivity index (χ0) is 11.0. The van der Waals surface area contributed by atoms with Crippen LogP contribution in [0.15, 0.2) is 0 Å². The predicted octanol–water partition coefficient (Wildman–Crippen LogP) is 4.25. The quantitative estimate of drug-likeness (QED) is 0.494. The molecule has 0 N–H and O–H groups in total. The molecule has 0 aliphatic carbocycles. The van der Waals surface area contributed by atoms with E-state index < -0.39 is 0 Å². The second kappa shape index (κ2) is 7.70. The largest absolute Gasteiger partial charge is 0.381 e. The molecule has 1 nitrogen and oxygen atoms in total. The Bertz CT molecular complexity index is 129. The van der Waals surface area contributed by atoms with Crippen molar-refractivity contribution < 1.29 is 4.74 Å². The van der Waals surface area contributed by atoms with E-state index in [1.165, 1.54) is 12.8 Å². The number of halogens is 1. The van der Waals surface area contributed by atoms with Crippen molar-refractivity contribution in [3.05, 3.63) is 0 Å². The Kier molecular flexibility index (Phi) is 7.94. The lowest BCUT2D eigenvalue weighted by Gasteiger charge is -2.19. The molecule has 0 aromatic rings. The van der Waals surface area contributed by atoms with Crippen molar-refractivity contribution in [2.45, 2.75) is 47.0 Å². The third-order valence-electron chi connectivity index (χ3n) is 2.27. The van der Waals surface area contributed by atoms with Gasteiger partial charge in [-0.3, -0.25) is 0 Å². The van der Waals surface area contributed by atoms with Gasteiger partial charge in [0.1, 0.15) is 0 Å². The van der Waals surface area contributed by atoms with Crippen LogP contribution in [-0.2, 0) is 4.74 Å². The Balaban J connectivity index is 3.42. The third kappa shape index (κ3) is 9.01. The molecule has 0 aromatic carbocycles. The van der Waals surface area contributed by atoms with Gasteiger partial charge in [0.2, 0.25) is 0 Å². The zero-order valence-electron chi connectivity index (χ0n) is 10.1. The average Bonchev–Trinajstić information content (AvgIpc) is 2.08. The van der Waals surface area contributed by atoms with Crippen LogP contribution in [0.3, 0.4) is 0 Å². The van der Waals surface area contributed by atoms with E-state index in [0.29, 0.717) is 11.3 Å². The highest BCUT2D eigenvalue weighted by molar-refractivity contribution is 9.09. The first-order chi connectivity index (χ1) is 6.49. The third-order valence-corrected chi connectivity index (χ3v) is 3.18. The van der Waals surface area contributed by atoms with Gasteiger partial charge >= 0.3 is 0 Å². The molecule has 0 bridgehead atoms.